The number of nitrogens with one attached hydrogen (secondary N) is 3. The molecule has 0 spiro atoms. The van der Waals surface area contributed by atoms with E-state index in [9.17, 15) is 18.0 Å². The second kappa shape index (κ2) is 12.8. The van der Waals surface area contributed by atoms with Crippen LogP contribution in [0.15, 0.2) is 77.8 Å². The lowest BCUT2D eigenvalue weighted by atomic mass is 10.0. The summed E-state index contributed by atoms with van der Waals surface area (Å²) in [5.74, 6) is -1.21. The van der Waals surface area contributed by atoms with Crippen LogP contribution in [0.3, 0.4) is 0 Å². The van der Waals surface area contributed by atoms with E-state index in [1.807, 2.05) is 48.5 Å². The average Bonchev–Trinajstić information content (AvgIpc) is 3.65. The summed E-state index contributed by atoms with van der Waals surface area (Å²) in [6.07, 6.45) is 3.87. The molecule has 3 aromatic carbocycles. The van der Waals surface area contributed by atoms with Gasteiger partial charge in [-0.2, -0.15) is 4.31 Å². The fourth-order valence-electron chi connectivity index (χ4n) is 5.86. The zero-order valence-corrected chi connectivity index (χ0v) is 24.6. The van der Waals surface area contributed by atoms with Crippen LogP contribution in [0.2, 0.25) is 0 Å². The number of nitrogens with zero attached hydrogens (tertiary/aromatic N) is 2. The molecule has 226 valence electrons. The molecule has 12 heteroatoms. The number of guanidine groups is 1. The number of para-hydroxylation sites is 1. The molecule has 2 atom stereocenters. The van der Waals surface area contributed by atoms with Gasteiger partial charge in [-0.05, 0) is 60.2 Å². The number of rotatable bonds is 12. The molecule has 0 saturated carbocycles. The zero-order chi connectivity index (χ0) is 30.6. The molecule has 0 radical (unpaired) electrons. The van der Waals surface area contributed by atoms with E-state index in [1.165, 1.54) is 9.21 Å². The number of primary amides is 1. The molecule has 0 aliphatic carbocycles. The molecule has 1 aliphatic heterocycles. The quantitative estimate of drug-likeness (QED) is 0.0944. The highest BCUT2D eigenvalue weighted by Gasteiger charge is 2.42. The number of unbranched alkanes of at least 4 members (excludes halogenated alkanes) is 1. The number of nitrogens with two attached hydrogens (primary N) is 2. The normalized spacial score (nSPS) is 16.1. The number of hydrogen-bond acceptors (Lipinski definition) is 5. The standard InChI is InChI=1S/C31H37N7O4S/c32-29(39)27-12-7-16-37(27)30(40)28(19-23-20-36-26-11-4-3-10-25(23)26)38(17-6-5-15-35-31(33)34)43(41,42)24-14-13-21-8-1-2-9-22(21)18-24/h1-4,8-11,13-14,18,20,27-28,36H,5-7,12,15-17,19H2,(H2,32,39)(H4,33,34,35)/t27-,28+/m0/s1. The molecular formula is C31H37N7O4S. The Kier molecular flexibility index (Phi) is 8.97. The van der Waals surface area contributed by atoms with Crippen molar-refractivity contribution in [3.63, 3.8) is 0 Å². The topological polar surface area (TPSA) is 178 Å². The van der Waals surface area contributed by atoms with Gasteiger partial charge in [0.15, 0.2) is 5.96 Å². The van der Waals surface area contributed by atoms with Crippen molar-refractivity contribution in [3.8, 4) is 0 Å². The number of H-pyrrole nitrogens is 1. The van der Waals surface area contributed by atoms with Crippen molar-refractivity contribution in [1.29, 1.82) is 5.41 Å². The molecule has 5 rings (SSSR count). The third-order valence-corrected chi connectivity index (χ3v) is 9.94. The van der Waals surface area contributed by atoms with Gasteiger partial charge in [-0.15, -0.1) is 0 Å². The minimum atomic E-state index is -4.19. The van der Waals surface area contributed by atoms with Crippen LogP contribution in [0.4, 0.5) is 0 Å². The third kappa shape index (κ3) is 6.50. The summed E-state index contributed by atoms with van der Waals surface area (Å²) in [6.45, 7) is 0.752. The SMILES string of the molecule is N=C(N)NCCCCN([C@H](Cc1c[nH]c2ccccc12)C(=O)N1CCC[C@H]1C(N)=O)S(=O)(=O)c1ccc2ccccc2c1. The molecule has 1 fully saturated rings. The third-order valence-electron chi connectivity index (χ3n) is 8.03. The van der Waals surface area contributed by atoms with Gasteiger partial charge in [0.2, 0.25) is 21.8 Å². The molecule has 4 aromatic rings. The first-order valence-electron chi connectivity index (χ1n) is 14.4. The van der Waals surface area contributed by atoms with Crippen LogP contribution in [-0.4, -0.2) is 72.1 Å². The van der Waals surface area contributed by atoms with E-state index in [0.717, 1.165) is 27.2 Å². The van der Waals surface area contributed by atoms with Crippen molar-refractivity contribution >= 4 is 49.5 Å². The molecule has 0 unspecified atom stereocenters. The van der Waals surface area contributed by atoms with Crippen LogP contribution >= 0.6 is 0 Å². The molecule has 1 aliphatic rings. The minimum absolute atomic E-state index is 0.0442. The second-order valence-corrected chi connectivity index (χ2v) is 12.7. The van der Waals surface area contributed by atoms with Crippen LogP contribution in [0, 0.1) is 5.41 Å². The van der Waals surface area contributed by atoms with E-state index in [4.69, 9.17) is 16.9 Å². The maximum absolute atomic E-state index is 14.5. The van der Waals surface area contributed by atoms with Crippen LogP contribution in [0.25, 0.3) is 21.7 Å². The minimum Gasteiger partial charge on any atom is -0.370 e. The molecule has 2 amide bonds. The molecule has 2 heterocycles. The highest BCUT2D eigenvalue weighted by Crippen LogP contribution is 2.29. The van der Waals surface area contributed by atoms with Gasteiger partial charge in [0.25, 0.3) is 0 Å². The van der Waals surface area contributed by atoms with Crippen LogP contribution in [0.5, 0.6) is 0 Å². The molecule has 11 nitrogen and oxygen atoms in total. The van der Waals surface area contributed by atoms with Gasteiger partial charge >= 0.3 is 0 Å². The maximum atomic E-state index is 14.5. The Bertz CT molecular complexity index is 1750. The predicted octanol–water partition coefficient (Wildman–Crippen LogP) is 2.66. The number of likely N-dealkylation sites (tertiary alicyclic amines) is 1. The van der Waals surface area contributed by atoms with Gasteiger partial charge in [-0.25, -0.2) is 8.42 Å². The number of amides is 2. The number of aromatic amines is 1. The molecule has 7 N–H and O–H groups in total. The van der Waals surface area contributed by atoms with Gasteiger partial charge in [-0.3, -0.25) is 15.0 Å². The number of fused-ring (bicyclic) bond motifs is 2. The van der Waals surface area contributed by atoms with Crippen molar-refractivity contribution in [3.05, 3.63) is 78.5 Å². The molecule has 43 heavy (non-hydrogen) atoms. The van der Waals surface area contributed by atoms with Crippen molar-refractivity contribution in [2.45, 2.75) is 49.1 Å². The summed E-state index contributed by atoms with van der Waals surface area (Å²) in [5.41, 5.74) is 12.8. The Morgan fingerprint density at radius 3 is 2.56 bits per heavy atom. The molecule has 0 bridgehead atoms. The van der Waals surface area contributed by atoms with Crippen LogP contribution in [0.1, 0.15) is 31.2 Å². The second-order valence-electron chi connectivity index (χ2n) is 10.8. The number of carbonyl (C=O) groups is 2. The van der Waals surface area contributed by atoms with Crippen LogP contribution in [-0.2, 0) is 26.0 Å². The van der Waals surface area contributed by atoms with Gasteiger partial charge in [-0.1, -0.05) is 48.5 Å². The Labute approximate surface area is 250 Å². The predicted molar refractivity (Wildman–Crippen MR) is 167 cm³/mol. The Hall–Kier alpha value is -4.42. The number of benzene rings is 3. The monoisotopic (exact) mass is 603 g/mol. The van der Waals surface area contributed by atoms with Crippen molar-refractivity contribution in [2.75, 3.05) is 19.6 Å². The Balaban J connectivity index is 1.58. The summed E-state index contributed by atoms with van der Waals surface area (Å²) < 4.78 is 30.3. The molecule has 1 aromatic heterocycles. The van der Waals surface area contributed by atoms with E-state index in [0.29, 0.717) is 38.8 Å². The van der Waals surface area contributed by atoms with E-state index < -0.39 is 33.9 Å². The number of hydrogen-bond donors (Lipinski definition) is 5. The average molecular weight is 604 g/mol. The van der Waals surface area contributed by atoms with Gasteiger partial charge in [0, 0.05) is 43.2 Å². The van der Waals surface area contributed by atoms with Crippen molar-refractivity contribution in [1.82, 2.24) is 19.5 Å². The number of sulfonamides is 1. The smallest absolute Gasteiger partial charge is 0.243 e. The highest BCUT2D eigenvalue weighted by atomic mass is 32.2. The van der Waals surface area contributed by atoms with E-state index >= 15 is 0 Å². The van der Waals surface area contributed by atoms with Gasteiger partial charge in [0.05, 0.1) is 4.90 Å². The van der Waals surface area contributed by atoms with Gasteiger partial charge in [0.1, 0.15) is 12.1 Å². The van der Waals surface area contributed by atoms with E-state index in [1.54, 1.807) is 24.4 Å². The Morgan fingerprint density at radius 2 is 1.79 bits per heavy atom. The fraction of sp³-hybridized carbons (Fsp3) is 0.323. The number of aromatic nitrogens is 1. The lowest BCUT2D eigenvalue weighted by molar-refractivity contribution is -0.140. The zero-order valence-electron chi connectivity index (χ0n) is 23.8. The van der Waals surface area contributed by atoms with E-state index in [2.05, 4.69) is 10.3 Å². The first-order chi connectivity index (χ1) is 20.7. The molecular weight excluding hydrogens is 566 g/mol. The fourth-order valence-corrected chi connectivity index (χ4v) is 7.52. The van der Waals surface area contributed by atoms with E-state index in [-0.39, 0.29) is 23.8 Å². The lowest BCUT2D eigenvalue weighted by Crippen LogP contribution is -2.55. The number of carbonyl (C=O) groups excluding carboxylic acids is 2. The largest absolute Gasteiger partial charge is 0.370 e. The summed E-state index contributed by atoms with van der Waals surface area (Å²) in [4.78, 5) is 31.4. The highest BCUT2D eigenvalue weighted by molar-refractivity contribution is 7.89. The lowest BCUT2D eigenvalue weighted by Gasteiger charge is -2.34. The summed E-state index contributed by atoms with van der Waals surface area (Å²) in [5, 5.41) is 12.7. The summed E-state index contributed by atoms with van der Waals surface area (Å²) in [6, 6.07) is 18.2. The molecule has 1 saturated heterocycles. The maximum Gasteiger partial charge on any atom is 0.243 e. The summed E-state index contributed by atoms with van der Waals surface area (Å²) in [7, 11) is -4.19. The summed E-state index contributed by atoms with van der Waals surface area (Å²) >= 11 is 0. The van der Waals surface area contributed by atoms with Gasteiger partial charge < -0.3 is 26.7 Å². The first-order valence-corrected chi connectivity index (χ1v) is 15.8. The van der Waals surface area contributed by atoms with Crippen molar-refractivity contribution < 1.29 is 18.0 Å². The first kappa shape index (κ1) is 30.1. The Morgan fingerprint density at radius 1 is 1.05 bits per heavy atom. The van der Waals surface area contributed by atoms with Crippen LogP contribution < -0.4 is 16.8 Å². The van der Waals surface area contributed by atoms with Crippen molar-refractivity contribution in [2.24, 2.45) is 11.5 Å².